The summed E-state index contributed by atoms with van der Waals surface area (Å²) < 4.78 is 5.63. The van der Waals surface area contributed by atoms with E-state index < -0.39 is 12.1 Å². The molecule has 0 radical (unpaired) electrons. The van der Waals surface area contributed by atoms with Crippen LogP contribution in [0.25, 0.3) is 21.3 Å². The van der Waals surface area contributed by atoms with Crippen LogP contribution in [0, 0.1) is 0 Å². The van der Waals surface area contributed by atoms with Gasteiger partial charge in [0, 0.05) is 4.88 Å². The Morgan fingerprint density at radius 1 is 1.10 bits per heavy atom. The van der Waals surface area contributed by atoms with Gasteiger partial charge in [-0.1, -0.05) is 36.4 Å². The van der Waals surface area contributed by atoms with Crippen LogP contribution in [0.5, 0.6) is 0 Å². The molecule has 1 N–H and O–H groups in total. The zero-order valence-electron chi connectivity index (χ0n) is 15.8. The normalized spacial score (nSPS) is 13.6. The smallest absolute Gasteiger partial charge is 0.349 e. The second kappa shape index (κ2) is 6.97. The van der Waals surface area contributed by atoms with Crippen molar-refractivity contribution in [2.75, 3.05) is 0 Å². The molecule has 2 heterocycles. The lowest BCUT2D eigenvalue weighted by Crippen LogP contribution is -2.17. The highest BCUT2D eigenvalue weighted by atomic mass is 32.1. The summed E-state index contributed by atoms with van der Waals surface area (Å²) in [5.74, 6) is -0.0566. The fourth-order valence-electron chi connectivity index (χ4n) is 3.74. The fraction of sp³-hybridized carbons (Fsp3) is 0.174. The Kier molecular flexibility index (Phi) is 4.28. The van der Waals surface area contributed by atoms with Crippen LogP contribution in [0.2, 0.25) is 0 Å². The number of nitrogens with one attached hydrogen (secondary N) is 1. The van der Waals surface area contributed by atoms with Crippen molar-refractivity contribution in [1.82, 2.24) is 9.97 Å². The average Bonchev–Trinajstić information content (AvgIpc) is 3.19. The number of fused-ring (bicyclic) bond motifs is 4. The van der Waals surface area contributed by atoms with E-state index in [-0.39, 0.29) is 5.56 Å². The lowest BCUT2D eigenvalue weighted by Gasteiger charge is -2.15. The van der Waals surface area contributed by atoms with Crippen molar-refractivity contribution in [2.45, 2.75) is 25.9 Å². The molecule has 5 nitrogen and oxygen atoms in total. The third-order valence-corrected chi connectivity index (χ3v) is 6.43. The molecule has 0 fully saturated rings. The summed E-state index contributed by atoms with van der Waals surface area (Å²) in [4.78, 5) is 33.9. The highest BCUT2D eigenvalue weighted by molar-refractivity contribution is 7.17. The topological polar surface area (TPSA) is 72.0 Å². The zero-order chi connectivity index (χ0) is 20.0. The number of aromatic amines is 1. The number of ether oxygens (including phenoxy) is 1. The minimum atomic E-state index is -0.661. The molecule has 0 aliphatic heterocycles. The molecule has 0 amide bonds. The van der Waals surface area contributed by atoms with Crippen molar-refractivity contribution in [3.63, 3.8) is 0 Å². The molecule has 1 atom stereocenters. The quantitative estimate of drug-likeness (QED) is 0.506. The molecule has 0 saturated carbocycles. The van der Waals surface area contributed by atoms with Crippen LogP contribution in [0.3, 0.4) is 0 Å². The monoisotopic (exact) mass is 402 g/mol. The Labute approximate surface area is 171 Å². The number of hydrogen-bond acceptors (Lipinski definition) is 5. The molecule has 5 rings (SSSR count). The van der Waals surface area contributed by atoms with E-state index in [0.717, 1.165) is 17.7 Å². The summed E-state index contributed by atoms with van der Waals surface area (Å²) in [6.07, 6.45) is 1.24. The van der Waals surface area contributed by atoms with E-state index in [1.165, 1.54) is 28.0 Å². The molecule has 29 heavy (non-hydrogen) atoms. The van der Waals surface area contributed by atoms with Crippen LogP contribution in [0.4, 0.5) is 0 Å². The summed E-state index contributed by atoms with van der Waals surface area (Å²) in [6, 6.07) is 17.3. The molecule has 0 saturated heterocycles. The lowest BCUT2D eigenvalue weighted by molar-refractivity contribution is 0.0326. The van der Waals surface area contributed by atoms with Gasteiger partial charge in [0.25, 0.3) is 5.56 Å². The Bertz CT molecular complexity index is 1300. The van der Waals surface area contributed by atoms with Gasteiger partial charge < -0.3 is 9.72 Å². The number of aromatic nitrogens is 2. The predicted molar refractivity (Wildman–Crippen MR) is 113 cm³/mol. The fourth-order valence-corrected chi connectivity index (χ4v) is 4.90. The van der Waals surface area contributed by atoms with Crippen molar-refractivity contribution in [3.8, 4) is 10.4 Å². The van der Waals surface area contributed by atoms with Gasteiger partial charge >= 0.3 is 5.97 Å². The molecule has 0 unspecified atom stereocenters. The second-order valence-corrected chi connectivity index (χ2v) is 8.19. The molecule has 1 aliphatic rings. The van der Waals surface area contributed by atoms with E-state index in [1.54, 1.807) is 25.1 Å². The van der Waals surface area contributed by atoms with Crippen molar-refractivity contribution < 1.29 is 9.53 Å². The summed E-state index contributed by atoms with van der Waals surface area (Å²) in [5, 5.41) is 0.513. The maximum Gasteiger partial charge on any atom is 0.349 e. The number of benzene rings is 2. The number of carbonyl (C=O) groups is 1. The van der Waals surface area contributed by atoms with Gasteiger partial charge in [-0.3, -0.25) is 4.79 Å². The van der Waals surface area contributed by atoms with E-state index in [0.29, 0.717) is 21.6 Å². The van der Waals surface area contributed by atoms with Gasteiger partial charge in [0.05, 0.1) is 10.9 Å². The summed E-state index contributed by atoms with van der Waals surface area (Å²) in [6.45, 7) is 1.72. The molecule has 1 aliphatic carbocycles. The molecule has 0 spiro atoms. The first-order chi connectivity index (χ1) is 14.1. The summed E-state index contributed by atoms with van der Waals surface area (Å²) >= 11 is 1.46. The third kappa shape index (κ3) is 3.15. The summed E-state index contributed by atoms with van der Waals surface area (Å²) in [7, 11) is 0. The minimum Gasteiger partial charge on any atom is -0.450 e. The Morgan fingerprint density at radius 3 is 2.76 bits per heavy atom. The first kappa shape index (κ1) is 17.8. The molecule has 4 aromatic rings. The SMILES string of the molecule is C[C@H](OC(=O)c1cc2c(s1)-c1ccccc1CC2)c1nc2ccccc2c(=O)[nH]1. The summed E-state index contributed by atoms with van der Waals surface area (Å²) in [5.41, 5.74) is 4.04. The zero-order valence-corrected chi connectivity index (χ0v) is 16.6. The third-order valence-electron chi connectivity index (χ3n) is 5.24. The number of rotatable bonds is 3. The van der Waals surface area contributed by atoms with E-state index in [4.69, 9.17) is 4.74 Å². The number of hydrogen-bond donors (Lipinski definition) is 1. The van der Waals surface area contributed by atoms with Crippen molar-refractivity contribution >= 4 is 28.2 Å². The maximum atomic E-state index is 12.8. The van der Waals surface area contributed by atoms with E-state index >= 15 is 0 Å². The van der Waals surface area contributed by atoms with Crippen LogP contribution in [-0.4, -0.2) is 15.9 Å². The second-order valence-electron chi connectivity index (χ2n) is 7.14. The standard InChI is InChI=1S/C23H18N2O3S/c1-13(21-24-18-9-5-4-8-17(18)22(26)25-21)28-23(27)19-12-15-11-10-14-6-2-3-7-16(14)20(15)29-19/h2-9,12-13H,10-11H2,1H3,(H,24,25,26)/t13-/m0/s1. The van der Waals surface area contributed by atoms with Gasteiger partial charge in [-0.05, 0) is 54.7 Å². The molecule has 2 aromatic heterocycles. The van der Waals surface area contributed by atoms with Crippen LogP contribution in [-0.2, 0) is 17.6 Å². The first-order valence-corrected chi connectivity index (χ1v) is 10.3. The molecular formula is C23H18N2O3S. The van der Waals surface area contributed by atoms with Crippen LogP contribution < -0.4 is 5.56 Å². The van der Waals surface area contributed by atoms with Crippen molar-refractivity contribution in [2.24, 2.45) is 0 Å². The van der Waals surface area contributed by atoms with Crippen molar-refractivity contribution in [3.05, 3.63) is 86.8 Å². The molecular weight excluding hydrogens is 384 g/mol. The highest BCUT2D eigenvalue weighted by Crippen LogP contribution is 2.39. The van der Waals surface area contributed by atoms with Gasteiger partial charge in [-0.25, -0.2) is 9.78 Å². The van der Waals surface area contributed by atoms with Crippen LogP contribution in [0.15, 0.2) is 59.4 Å². The van der Waals surface area contributed by atoms with Gasteiger partial charge in [-0.2, -0.15) is 0 Å². The number of aryl methyl sites for hydroxylation is 2. The minimum absolute atomic E-state index is 0.239. The van der Waals surface area contributed by atoms with E-state index in [2.05, 4.69) is 22.1 Å². The number of para-hydroxylation sites is 1. The molecule has 144 valence electrons. The Morgan fingerprint density at radius 2 is 1.86 bits per heavy atom. The molecule has 2 aromatic carbocycles. The average molecular weight is 402 g/mol. The van der Waals surface area contributed by atoms with Gasteiger partial charge in [-0.15, -0.1) is 11.3 Å². The van der Waals surface area contributed by atoms with Gasteiger partial charge in [0.2, 0.25) is 0 Å². The largest absolute Gasteiger partial charge is 0.450 e. The number of carbonyl (C=O) groups excluding carboxylic acids is 1. The first-order valence-electron chi connectivity index (χ1n) is 9.51. The van der Waals surface area contributed by atoms with Gasteiger partial charge in [0.1, 0.15) is 4.88 Å². The lowest BCUT2D eigenvalue weighted by atomic mass is 9.91. The number of thiophene rings is 1. The van der Waals surface area contributed by atoms with Gasteiger partial charge in [0.15, 0.2) is 11.9 Å². The predicted octanol–water partition coefficient (Wildman–Crippen LogP) is 4.67. The maximum absolute atomic E-state index is 12.8. The molecule has 0 bridgehead atoms. The number of H-pyrrole nitrogens is 1. The number of nitrogens with zero attached hydrogens (tertiary/aromatic N) is 1. The van der Waals surface area contributed by atoms with Crippen LogP contribution in [0.1, 0.15) is 39.7 Å². The highest BCUT2D eigenvalue weighted by Gasteiger charge is 2.24. The van der Waals surface area contributed by atoms with E-state index in [1.807, 2.05) is 24.3 Å². The Hall–Kier alpha value is -3.25. The van der Waals surface area contributed by atoms with Crippen molar-refractivity contribution in [1.29, 1.82) is 0 Å². The van der Waals surface area contributed by atoms with E-state index in [9.17, 15) is 9.59 Å². The molecule has 6 heteroatoms. The van der Waals surface area contributed by atoms with Crippen LogP contribution >= 0.6 is 11.3 Å². The Balaban J connectivity index is 1.42. The number of esters is 1.